The molecule has 24 heavy (non-hydrogen) atoms. The highest BCUT2D eigenvalue weighted by Gasteiger charge is 2.19. The smallest absolute Gasteiger partial charge is 0.287 e. The summed E-state index contributed by atoms with van der Waals surface area (Å²) in [4.78, 5) is 13.0. The molecular weight excluding hydrogens is 322 g/mol. The zero-order valence-corrected chi connectivity index (χ0v) is 14.7. The first kappa shape index (κ1) is 17.0. The highest BCUT2D eigenvalue weighted by atomic mass is 32.2. The zero-order valence-electron chi connectivity index (χ0n) is 13.9. The first-order chi connectivity index (χ1) is 11.6. The van der Waals surface area contributed by atoms with E-state index in [9.17, 15) is 9.00 Å². The van der Waals surface area contributed by atoms with E-state index in [-0.39, 0.29) is 17.7 Å². The molecule has 1 aromatic carbocycles. The Kier molecular flexibility index (Phi) is 5.51. The Morgan fingerprint density at radius 1 is 1.21 bits per heavy atom. The third-order valence-corrected chi connectivity index (χ3v) is 5.68. The van der Waals surface area contributed by atoms with Gasteiger partial charge in [-0.25, -0.2) is 0 Å². The number of benzene rings is 1. The van der Waals surface area contributed by atoms with Crippen molar-refractivity contribution < 1.29 is 13.4 Å². The van der Waals surface area contributed by atoms with Crippen LogP contribution in [0.5, 0.6) is 0 Å². The van der Waals surface area contributed by atoms with Crippen LogP contribution >= 0.6 is 0 Å². The Bertz CT molecular complexity index is 732. The number of rotatable bonds is 5. The summed E-state index contributed by atoms with van der Waals surface area (Å²) < 4.78 is 18.0. The Hall–Kier alpha value is -1.88. The quantitative estimate of drug-likeness (QED) is 0.892. The predicted molar refractivity (Wildman–Crippen MR) is 94.3 cm³/mol. The van der Waals surface area contributed by atoms with E-state index in [0.29, 0.717) is 11.5 Å². The van der Waals surface area contributed by atoms with Gasteiger partial charge in [0.05, 0.1) is 16.6 Å². The number of hydrogen-bond donors (Lipinski definition) is 1. The van der Waals surface area contributed by atoms with Gasteiger partial charge in [-0.15, -0.1) is 0 Å². The number of aryl methyl sites for hydroxylation is 1. The Labute approximate surface area is 145 Å². The molecule has 1 heterocycles. The third-order valence-electron chi connectivity index (χ3n) is 4.35. The zero-order chi connectivity index (χ0) is 16.9. The second-order valence-electron chi connectivity index (χ2n) is 6.38. The van der Waals surface area contributed by atoms with Crippen molar-refractivity contribution in [1.29, 1.82) is 0 Å². The first-order valence-corrected chi connectivity index (χ1v) is 9.78. The molecule has 1 amide bonds. The van der Waals surface area contributed by atoms with Gasteiger partial charge >= 0.3 is 0 Å². The lowest BCUT2D eigenvalue weighted by atomic mass is 9.95. The van der Waals surface area contributed by atoms with E-state index in [4.69, 9.17) is 4.42 Å². The minimum absolute atomic E-state index is 0.172. The molecule has 4 nitrogen and oxygen atoms in total. The molecule has 0 radical (unpaired) electrons. The van der Waals surface area contributed by atoms with Crippen molar-refractivity contribution in [3.8, 4) is 0 Å². The molecule has 3 rings (SSSR count). The predicted octanol–water partition coefficient (Wildman–Crippen LogP) is 3.96. The Balaban J connectivity index is 1.60. The fraction of sp³-hybridized carbons (Fsp3) is 0.421. The van der Waals surface area contributed by atoms with E-state index < -0.39 is 10.8 Å². The molecule has 0 spiro atoms. The van der Waals surface area contributed by atoms with Gasteiger partial charge in [-0.2, -0.15) is 0 Å². The van der Waals surface area contributed by atoms with Gasteiger partial charge in [0.2, 0.25) is 0 Å². The van der Waals surface area contributed by atoms with E-state index in [1.54, 1.807) is 12.1 Å². The number of carbonyl (C=O) groups is 1. The number of nitrogens with one attached hydrogen (secondary N) is 1. The van der Waals surface area contributed by atoms with Crippen LogP contribution < -0.4 is 5.32 Å². The molecular formula is C19H23NO3S. The second-order valence-corrected chi connectivity index (χ2v) is 7.83. The van der Waals surface area contributed by atoms with Crippen molar-refractivity contribution in [1.82, 2.24) is 5.32 Å². The summed E-state index contributed by atoms with van der Waals surface area (Å²) in [6.45, 7) is 1.97. The Morgan fingerprint density at radius 3 is 2.75 bits per heavy atom. The second kappa shape index (κ2) is 7.79. The van der Waals surface area contributed by atoms with Crippen molar-refractivity contribution in [3.05, 3.63) is 53.5 Å². The van der Waals surface area contributed by atoms with Crippen LogP contribution in [0, 0.1) is 6.92 Å². The standard InChI is InChI=1S/C19H23NO3S/c1-14-6-5-9-17(12-14)24(22)13-16-10-11-18(23-16)19(21)20-15-7-3-2-4-8-15/h5-6,9-12,15H,2-4,7-8,13H2,1H3,(H,20,21)/t24-/m1/s1. The largest absolute Gasteiger partial charge is 0.455 e. The maximum Gasteiger partial charge on any atom is 0.287 e. The number of hydrogen-bond acceptors (Lipinski definition) is 3. The van der Waals surface area contributed by atoms with Crippen molar-refractivity contribution in [2.75, 3.05) is 0 Å². The number of amides is 1. The highest BCUT2D eigenvalue weighted by molar-refractivity contribution is 7.84. The average Bonchev–Trinajstić information content (AvgIpc) is 3.04. The maximum atomic E-state index is 12.4. The minimum atomic E-state index is -1.18. The average molecular weight is 345 g/mol. The van der Waals surface area contributed by atoms with Crippen molar-refractivity contribution in [3.63, 3.8) is 0 Å². The fourth-order valence-corrected chi connectivity index (χ4v) is 4.18. The monoisotopic (exact) mass is 345 g/mol. The third kappa shape index (κ3) is 4.35. The normalized spacial score (nSPS) is 16.7. The van der Waals surface area contributed by atoms with Gasteiger partial charge in [0, 0.05) is 10.9 Å². The summed E-state index contributed by atoms with van der Waals surface area (Å²) in [5.74, 6) is 0.982. The highest BCUT2D eigenvalue weighted by Crippen LogP contribution is 2.19. The lowest BCUT2D eigenvalue weighted by Crippen LogP contribution is -2.35. The van der Waals surface area contributed by atoms with Gasteiger partial charge < -0.3 is 9.73 Å². The molecule has 1 aromatic heterocycles. The fourth-order valence-electron chi connectivity index (χ4n) is 3.05. The van der Waals surface area contributed by atoms with E-state index in [2.05, 4.69) is 5.32 Å². The van der Waals surface area contributed by atoms with E-state index in [1.807, 2.05) is 31.2 Å². The molecule has 1 atom stereocenters. The molecule has 5 heteroatoms. The summed E-state index contributed by atoms with van der Waals surface area (Å²) in [5, 5.41) is 3.03. The topological polar surface area (TPSA) is 59.3 Å². The van der Waals surface area contributed by atoms with Gasteiger partial charge in [0.1, 0.15) is 5.76 Å². The van der Waals surface area contributed by atoms with Crippen LogP contribution in [-0.4, -0.2) is 16.2 Å². The van der Waals surface area contributed by atoms with E-state index >= 15 is 0 Å². The lowest BCUT2D eigenvalue weighted by molar-refractivity contribution is 0.0898. The molecule has 2 aromatic rings. The van der Waals surface area contributed by atoms with Gasteiger partial charge in [-0.05, 0) is 49.6 Å². The van der Waals surface area contributed by atoms with E-state index in [0.717, 1.165) is 23.3 Å². The molecule has 0 unspecified atom stereocenters. The van der Waals surface area contributed by atoms with Gasteiger partial charge in [0.25, 0.3) is 5.91 Å². The molecule has 1 fully saturated rings. The molecule has 0 aliphatic heterocycles. The number of carbonyl (C=O) groups excluding carboxylic acids is 1. The summed E-state index contributed by atoms with van der Waals surface area (Å²) in [6.07, 6.45) is 5.67. The van der Waals surface area contributed by atoms with Crippen molar-refractivity contribution in [2.45, 2.75) is 55.7 Å². The molecule has 0 bridgehead atoms. The number of furan rings is 1. The van der Waals surface area contributed by atoms with Crippen LogP contribution in [0.1, 0.15) is 54.0 Å². The van der Waals surface area contributed by atoms with Crippen molar-refractivity contribution in [2.24, 2.45) is 0 Å². The van der Waals surface area contributed by atoms with Gasteiger partial charge in [-0.1, -0.05) is 31.4 Å². The van der Waals surface area contributed by atoms with Crippen LogP contribution in [-0.2, 0) is 16.6 Å². The SMILES string of the molecule is Cc1cccc([S@](=O)Cc2ccc(C(=O)NC3CCCCC3)o2)c1. The van der Waals surface area contributed by atoms with Gasteiger partial charge in [-0.3, -0.25) is 9.00 Å². The molecule has 1 N–H and O–H groups in total. The molecule has 1 saturated carbocycles. The maximum absolute atomic E-state index is 12.4. The summed E-state index contributed by atoms with van der Waals surface area (Å²) in [5.41, 5.74) is 1.08. The van der Waals surface area contributed by atoms with Crippen LogP contribution in [0.25, 0.3) is 0 Å². The lowest BCUT2D eigenvalue weighted by Gasteiger charge is -2.22. The first-order valence-electron chi connectivity index (χ1n) is 8.46. The molecule has 128 valence electrons. The summed E-state index contributed by atoms with van der Waals surface area (Å²) in [7, 11) is -1.18. The van der Waals surface area contributed by atoms with E-state index in [1.165, 1.54) is 19.3 Å². The van der Waals surface area contributed by atoms with Crippen LogP contribution in [0.15, 0.2) is 45.7 Å². The molecule has 1 aliphatic carbocycles. The van der Waals surface area contributed by atoms with Crippen molar-refractivity contribution >= 4 is 16.7 Å². The van der Waals surface area contributed by atoms with Gasteiger partial charge in [0.15, 0.2) is 5.76 Å². The molecule has 0 saturated heterocycles. The summed E-state index contributed by atoms with van der Waals surface area (Å²) in [6, 6.07) is 11.3. The van der Waals surface area contributed by atoms with Crippen LogP contribution in [0.2, 0.25) is 0 Å². The Morgan fingerprint density at radius 2 is 2.00 bits per heavy atom. The van der Waals surface area contributed by atoms with Crippen LogP contribution in [0.3, 0.4) is 0 Å². The van der Waals surface area contributed by atoms with Crippen LogP contribution in [0.4, 0.5) is 0 Å². The summed E-state index contributed by atoms with van der Waals surface area (Å²) >= 11 is 0. The molecule has 1 aliphatic rings. The minimum Gasteiger partial charge on any atom is -0.455 e.